The van der Waals surface area contributed by atoms with Crippen LogP contribution in [0.2, 0.25) is 5.02 Å². The Labute approximate surface area is 170 Å². The Morgan fingerprint density at radius 3 is 2.46 bits per heavy atom. The monoisotopic (exact) mass is 397 g/mol. The molecule has 0 saturated heterocycles. The van der Waals surface area contributed by atoms with Crippen LogP contribution >= 0.6 is 11.6 Å². The number of amides is 2. The van der Waals surface area contributed by atoms with Gasteiger partial charge in [-0.15, -0.1) is 0 Å². The van der Waals surface area contributed by atoms with Crippen molar-refractivity contribution in [3.05, 3.63) is 70.7 Å². The van der Waals surface area contributed by atoms with Gasteiger partial charge in [0.25, 0.3) is 0 Å². The van der Waals surface area contributed by atoms with E-state index in [1.807, 2.05) is 43.3 Å². The van der Waals surface area contributed by atoms with Crippen molar-refractivity contribution in [1.82, 2.24) is 10.3 Å². The lowest BCUT2D eigenvalue weighted by Gasteiger charge is -2.23. The van der Waals surface area contributed by atoms with Gasteiger partial charge in [0.2, 0.25) is 5.89 Å². The van der Waals surface area contributed by atoms with Crippen molar-refractivity contribution in [1.29, 1.82) is 0 Å². The van der Waals surface area contributed by atoms with Gasteiger partial charge in [-0.05, 0) is 48.2 Å². The number of para-hydroxylation sites is 1. The van der Waals surface area contributed by atoms with Gasteiger partial charge in [-0.2, -0.15) is 0 Å². The maximum absolute atomic E-state index is 12.4. The van der Waals surface area contributed by atoms with Crippen LogP contribution in [0.25, 0.3) is 11.3 Å². The molecule has 1 heterocycles. The highest BCUT2D eigenvalue weighted by molar-refractivity contribution is 6.30. The highest BCUT2D eigenvalue weighted by Crippen LogP contribution is 2.29. The maximum Gasteiger partial charge on any atom is 0.319 e. The second kappa shape index (κ2) is 8.07. The highest BCUT2D eigenvalue weighted by atomic mass is 35.5. The van der Waals surface area contributed by atoms with Gasteiger partial charge >= 0.3 is 6.03 Å². The second-order valence-electron chi connectivity index (χ2n) is 7.63. The number of aromatic nitrogens is 1. The molecule has 0 aliphatic heterocycles. The largest absolute Gasteiger partial charge is 0.438 e. The minimum Gasteiger partial charge on any atom is -0.438 e. The van der Waals surface area contributed by atoms with Gasteiger partial charge in [-0.25, -0.2) is 9.78 Å². The number of hydrogen-bond acceptors (Lipinski definition) is 3. The molecule has 2 amide bonds. The predicted molar refractivity (Wildman–Crippen MR) is 113 cm³/mol. The molecule has 3 rings (SSSR count). The van der Waals surface area contributed by atoms with Crippen LogP contribution in [0.5, 0.6) is 0 Å². The summed E-state index contributed by atoms with van der Waals surface area (Å²) in [4.78, 5) is 16.8. The summed E-state index contributed by atoms with van der Waals surface area (Å²) in [5, 5.41) is 6.37. The van der Waals surface area contributed by atoms with E-state index in [1.54, 1.807) is 12.1 Å². The molecule has 0 bridgehead atoms. The van der Waals surface area contributed by atoms with Crippen LogP contribution in [0, 0.1) is 6.92 Å². The zero-order valence-corrected chi connectivity index (χ0v) is 17.2. The molecule has 0 radical (unpaired) electrons. The first-order valence-corrected chi connectivity index (χ1v) is 9.48. The average molecular weight is 398 g/mol. The molecule has 146 valence electrons. The molecular formula is C22H24ClN3O2. The number of anilines is 1. The smallest absolute Gasteiger partial charge is 0.319 e. The molecule has 0 atom stereocenters. The number of halogens is 1. The van der Waals surface area contributed by atoms with Gasteiger partial charge < -0.3 is 15.1 Å². The maximum atomic E-state index is 12.4. The van der Waals surface area contributed by atoms with E-state index in [2.05, 4.69) is 36.4 Å². The molecule has 1 aromatic heterocycles. The van der Waals surface area contributed by atoms with Crippen LogP contribution in [0.1, 0.15) is 37.9 Å². The summed E-state index contributed by atoms with van der Waals surface area (Å²) in [7, 11) is 0. The van der Waals surface area contributed by atoms with E-state index < -0.39 is 0 Å². The second-order valence-corrected chi connectivity index (χ2v) is 8.07. The molecule has 28 heavy (non-hydrogen) atoms. The van der Waals surface area contributed by atoms with Crippen molar-refractivity contribution in [2.24, 2.45) is 0 Å². The molecule has 5 nitrogen and oxygen atoms in total. The Kier molecular flexibility index (Phi) is 5.75. The first-order chi connectivity index (χ1) is 13.2. The van der Waals surface area contributed by atoms with Gasteiger partial charge in [0.05, 0.1) is 12.2 Å². The third-order valence-corrected chi connectivity index (χ3v) is 4.58. The van der Waals surface area contributed by atoms with E-state index in [-0.39, 0.29) is 18.0 Å². The van der Waals surface area contributed by atoms with Gasteiger partial charge in [-0.3, -0.25) is 0 Å². The molecule has 0 saturated carbocycles. The first-order valence-electron chi connectivity index (χ1n) is 9.10. The summed E-state index contributed by atoms with van der Waals surface area (Å²) < 4.78 is 5.82. The fourth-order valence-corrected chi connectivity index (χ4v) is 3.09. The fraction of sp³-hybridized carbons (Fsp3) is 0.273. The normalized spacial score (nSPS) is 11.3. The van der Waals surface area contributed by atoms with Gasteiger partial charge in [0.1, 0.15) is 0 Å². The number of carbonyl (C=O) groups is 1. The number of urea groups is 1. The Balaban J connectivity index is 1.66. The van der Waals surface area contributed by atoms with Crippen molar-refractivity contribution in [2.75, 3.05) is 5.32 Å². The van der Waals surface area contributed by atoms with E-state index >= 15 is 0 Å². The summed E-state index contributed by atoms with van der Waals surface area (Å²) in [6, 6.07) is 14.8. The number of carbonyl (C=O) groups excluding carboxylic acids is 1. The lowest BCUT2D eigenvalue weighted by molar-refractivity contribution is 0.250. The minimum atomic E-state index is -0.305. The van der Waals surface area contributed by atoms with E-state index in [4.69, 9.17) is 16.0 Å². The Hall–Kier alpha value is -2.79. The topological polar surface area (TPSA) is 67.2 Å². The van der Waals surface area contributed by atoms with Gasteiger partial charge in [-0.1, -0.05) is 50.6 Å². The molecule has 6 heteroatoms. The SMILES string of the molecule is Cc1nc(CNC(=O)Nc2ccccc2C(C)(C)C)oc1-c1ccc(Cl)cc1. The number of rotatable bonds is 4. The Morgan fingerprint density at radius 1 is 1.11 bits per heavy atom. The van der Waals surface area contributed by atoms with Crippen LogP contribution in [-0.2, 0) is 12.0 Å². The number of oxazole rings is 1. The van der Waals surface area contributed by atoms with Crippen molar-refractivity contribution in [3.8, 4) is 11.3 Å². The first kappa shape index (κ1) is 20.0. The Bertz CT molecular complexity index is 972. The minimum absolute atomic E-state index is 0.0724. The van der Waals surface area contributed by atoms with Crippen LogP contribution in [0.4, 0.5) is 10.5 Å². The van der Waals surface area contributed by atoms with Crippen LogP contribution in [0.15, 0.2) is 52.9 Å². The van der Waals surface area contributed by atoms with Crippen LogP contribution in [0.3, 0.4) is 0 Å². The van der Waals surface area contributed by atoms with Crippen molar-refractivity contribution in [3.63, 3.8) is 0 Å². The molecule has 0 spiro atoms. The molecule has 0 unspecified atom stereocenters. The molecular weight excluding hydrogens is 374 g/mol. The number of nitrogens with one attached hydrogen (secondary N) is 2. The van der Waals surface area contributed by atoms with Crippen molar-refractivity contribution in [2.45, 2.75) is 39.7 Å². The average Bonchev–Trinajstić information content (AvgIpc) is 3.01. The fourth-order valence-electron chi connectivity index (χ4n) is 2.97. The third kappa shape index (κ3) is 4.73. The van der Waals surface area contributed by atoms with E-state index in [0.717, 1.165) is 22.5 Å². The highest BCUT2D eigenvalue weighted by Gasteiger charge is 2.19. The standard InChI is InChI=1S/C22H24ClN3O2/c1-14-20(15-9-11-16(23)12-10-15)28-19(25-14)13-24-21(27)26-18-8-6-5-7-17(18)22(2,3)4/h5-12H,13H2,1-4H3,(H2,24,26,27). The summed E-state index contributed by atoms with van der Waals surface area (Å²) in [6.45, 7) is 8.40. The summed E-state index contributed by atoms with van der Waals surface area (Å²) >= 11 is 5.93. The number of nitrogens with zero attached hydrogens (tertiary/aromatic N) is 1. The van der Waals surface area contributed by atoms with E-state index in [1.165, 1.54) is 0 Å². The summed E-state index contributed by atoms with van der Waals surface area (Å²) in [5.41, 5.74) is 3.44. The Morgan fingerprint density at radius 2 is 1.79 bits per heavy atom. The number of hydrogen-bond donors (Lipinski definition) is 2. The molecule has 0 aliphatic carbocycles. The lowest BCUT2D eigenvalue weighted by atomic mass is 9.86. The molecule has 2 N–H and O–H groups in total. The number of benzene rings is 2. The van der Waals surface area contributed by atoms with Crippen LogP contribution in [-0.4, -0.2) is 11.0 Å². The van der Waals surface area contributed by atoms with Crippen molar-refractivity contribution >= 4 is 23.3 Å². The van der Waals surface area contributed by atoms with E-state index in [0.29, 0.717) is 16.7 Å². The predicted octanol–water partition coefficient (Wildman–Crippen LogP) is 5.92. The quantitative estimate of drug-likeness (QED) is 0.573. The lowest BCUT2D eigenvalue weighted by Crippen LogP contribution is -2.29. The van der Waals surface area contributed by atoms with Crippen molar-refractivity contribution < 1.29 is 9.21 Å². The van der Waals surface area contributed by atoms with E-state index in [9.17, 15) is 4.79 Å². The number of aryl methyl sites for hydroxylation is 1. The molecule has 2 aromatic carbocycles. The summed E-state index contributed by atoms with van der Waals surface area (Å²) in [5.74, 6) is 1.12. The van der Waals surface area contributed by atoms with Gasteiger partial charge in [0.15, 0.2) is 5.76 Å². The van der Waals surface area contributed by atoms with Gasteiger partial charge in [0, 0.05) is 16.3 Å². The zero-order chi connectivity index (χ0) is 20.3. The molecule has 0 aliphatic rings. The third-order valence-electron chi connectivity index (χ3n) is 4.33. The summed E-state index contributed by atoms with van der Waals surface area (Å²) in [6.07, 6.45) is 0. The zero-order valence-electron chi connectivity index (χ0n) is 16.5. The molecule has 3 aromatic rings. The molecule has 0 fully saturated rings. The van der Waals surface area contributed by atoms with Crippen LogP contribution < -0.4 is 10.6 Å².